The molecule has 10 heteroatoms. The fourth-order valence-corrected chi connectivity index (χ4v) is 6.97. The standard InChI is InChI=1S/C26H35N7O2S/c1-17(2)24-22-15-20(19-8-10-32(11-9-19)36(34,35)13-12-31(4)5)6-7-23(22)27-25(24)21-14-18(3)26-28-29-30-33(26)16-21/h6-7,14-17,19,27H,8-13H2,1-5H3. The van der Waals surface area contributed by atoms with Crippen molar-refractivity contribution in [1.82, 2.24) is 34.2 Å². The highest BCUT2D eigenvalue weighted by molar-refractivity contribution is 7.89. The number of piperidine rings is 1. The first-order chi connectivity index (χ1) is 17.1. The molecule has 1 N–H and O–H groups in total. The van der Waals surface area contributed by atoms with Crippen LogP contribution < -0.4 is 0 Å². The normalized spacial score (nSPS) is 16.2. The zero-order valence-electron chi connectivity index (χ0n) is 21.7. The highest BCUT2D eigenvalue weighted by atomic mass is 32.2. The van der Waals surface area contributed by atoms with Gasteiger partial charge in [0, 0.05) is 42.3 Å². The zero-order chi connectivity index (χ0) is 25.6. The molecule has 1 aromatic carbocycles. The van der Waals surface area contributed by atoms with Crippen LogP contribution in [0.25, 0.3) is 27.8 Å². The number of H-pyrrole nitrogens is 1. The minimum Gasteiger partial charge on any atom is -0.354 e. The Balaban J connectivity index is 1.43. The molecule has 0 unspecified atom stereocenters. The molecule has 0 spiro atoms. The van der Waals surface area contributed by atoms with Crippen molar-refractivity contribution in [2.24, 2.45) is 0 Å². The Kier molecular flexibility index (Phi) is 6.61. The van der Waals surface area contributed by atoms with E-state index in [0.29, 0.717) is 31.5 Å². The number of tetrazole rings is 1. The van der Waals surface area contributed by atoms with E-state index in [0.717, 1.165) is 40.8 Å². The van der Waals surface area contributed by atoms with Crippen LogP contribution in [0.15, 0.2) is 30.5 Å². The van der Waals surface area contributed by atoms with E-state index in [1.54, 1.807) is 8.82 Å². The second-order valence-corrected chi connectivity index (χ2v) is 12.6. The molecule has 4 aromatic rings. The smallest absolute Gasteiger partial charge is 0.215 e. The molecule has 1 fully saturated rings. The van der Waals surface area contributed by atoms with Crippen molar-refractivity contribution in [3.8, 4) is 11.3 Å². The first-order valence-corrected chi connectivity index (χ1v) is 14.2. The minimum absolute atomic E-state index is 0.177. The third-order valence-corrected chi connectivity index (χ3v) is 9.17. The van der Waals surface area contributed by atoms with E-state index in [2.05, 4.69) is 58.6 Å². The summed E-state index contributed by atoms with van der Waals surface area (Å²) in [5.74, 6) is 0.849. The third-order valence-electron chi connectivity index (χ3n) is 7.32. The molecule has 192 valence electrons. The van der Waals surface area contributed by atoms with Crippen LogP contribution in [0.3, 0.4) is 0 Å². The van der Waals surface area contributed by atoms with E-state index in [-0.39, 0.29) is 5.75 Å². The number of pyridine rings is 1. The van der Waals surface area contributed by atoms with Crippen molar-refractivity contribution in [2.75, 3.05) is 39.5 Å². The Bertz CT molecular complexity index is 1500. The number of aromatic amines is 1. The van der Waals surface area contributed by atoms with Crippen LogP contribution in [0.5, 0.6) is 0 Å². The molecular weight excluding hydrogens is 474 g/mol. The predicted molar refractivity (Wildman–Crippen MR) is 143 cm³/mol. The lowest BCUT2D eigenvalue weighted by molar-refractivity contribution is 0.317. The molecule has 0 amide bonds. The summed E-state index contributed by atoms with van der Waals surface area (Å²) in [6, 6.07) is 8.82. The Morgan fingerprint density at radius 3 is 2.61 bits per heavy atom. The molecule has 0 atom stereocenters. The number of fused-ring (bicyclic) bond motifs is 2. The predicted octanol–water partition coefficient (Wildman–Crippen LogP) is 3.78. The molecule has 0 saturated carbocycles. The number of hydrogen-bond acceptors (Lipinski definition) is 6. The second-order valence-electron chi connectivity index (χ2n) is 10.5. The van der Waals surface area contributed by atoms with Gasteiger partial charge in [-0.15, -0.1) is 5.10 Å². The molecule has 36 heavy (non-hydrogen) atoms. The molecule has 1 aliphatic heterocycles. The maximum absolute atomic E-state index is 12.7. The van der Waals surface area contributed by atoms with E-state index < -0.39 is 10.0 Å². The van der Waals surface area contributed by atoms with Crippen LogP contribution >= 0.6 is 0 Å². The van der Waals surface area contributed by atoms with E-state index in [9.17, 15) is 8.42 Å². The highest BCUT2D eigenvalue weighted by Gasteiger charge is 2.29. The van der Waals surface area contributed by atoms with Crippen LogP contribution in [-0.4, -0.2) is 82.1 Å². The Morgan fingerprint density at radius 2 is 1.92 bits per heavy atom. The molecule has 5 rings (SSSR count). The summed E-state index contributed by atoms with van der Waals surface area (Å²) in [4.78, 5) is 5.57. The highest BCUT2D eigenvalue weighted by Crippen LogP contribution is 2.38. The Labute approximate surface area is 212 Å². The minimum atomic E-state index is -3.21. The van der Waals surface area contributed by atoms with Gasteiger partial charge in [-0.3, -0.25) is 0 Å². The maximum atomic E-state index is 12.7. The summed E-state index contributed by atoms with van der Waals surface area (Å²) < 4.78 is 28.9. The van der Waals surface area contributed by atoms with Crippen molar-refractivity contribution in [3.05, 3.63) is 47.2 Å². The first-order valence-electron chi connectivity index (χ1n) is 12.6. The zero-order valence-corrected chi connectivity index (χ0v) is 22.5. The summed E-state index contributed by atoms with van der Waals surface area (Å²) >= 11 is 0. The van der Waals surface area contributed by atoms with Crippen LogP contribution in [0.1, 0.15) is 55.2 Å². The van der Waals surface area contributed by atoms with Crippen molar-refractivity contribution < 1.29 is 8.42 Å². The number of nitrogens with zero attached hydrogens (tertiary/aromatic N) is 6. The third kappa shape index (κ3) is 4.65. The van der Waals surface area contributed by atoms with Gasteiger partial charge < -0.3 is 9.88 Å². The lowest BCUT2D eigenvalue weighted by Gasteiger charge is -2.31. The molecule has 0 aliphatic carbocycles. The monoisotopic (exact) mass is 509 g/mol. The van der Waals surface area contributed by atoms with Gasteiger partial charge >= 0.3 is 0 Å². The van der Waals surface area contributed by atoms with Crippen molar-refractivity contribution >= 4 is 26.6 Å². The van der Waals surface area contributed by atoms with Gasteiger partial charge in [-0.25, -0.2) is 12.7 Å². The number of sulfonamides is 1. The molecule has 0 radical (unpaired) electrons. The summed E-state index contributed by atoms with van der Waals surface area (Å²) in [6.45, 7) is 8.18. The molecule has 3 aromatic heterocycles. The fraction of sp³-hybridized carbons (Fsp3) is 0.500. The van der Waals surface area contributed by atoms with E-state index in [4.69, 9.17) is 0 Å². The average Bonchev–Trinajstić information content (AvgIpc) is 3.47. The average molecular weight is 510 g/mol. The largest absolute Gasteiger partial charge is 0.354 e. The lowest BCUT2D eigenvalue weighted by atomic mass is 9.88. The van der Waals surface area contributed by atoms with E-state index in [1.165, 1.54) is 16.5 Å². The number of hydrogen-bond donors (Lipinski definition) is 1. The number of aromatic nitrogens is 5. The van der Waals surface area contributed by atoms with Crippen molar-refractivity contribution in [2.45, 2.75) is 45.4 Å². The first kappa shape index (κ1) is 24.9. The van der Waals surface area contributed by atoms with Gasteiger partial charge in [0.2, 0.25) is 10.0 Å². The maximum Gasteiger partial charge on any atom is 0.215 e. The van der Waals surface area contributed by atoms with E-state index in [1.807, 2.05) is 32.1 Å². The molecule has 1 saturated heterocycles. The molecular formula is C26H35N7O2S. The van der Waals surface area contributed by atoms with Gasteiger partial charge in [-0.1, -0.05) is 19.9 Å². The number of nitrogens with one attached hydrogen (secondary N) is 1. The number of rotatable bonds is 7. The van der Waals surface area contributed by atoms with Gasteiger partial charge in [0.15, 0.2) is 5.65 Å². The fourth-order valence-electron chi connectivity index (χ4n) is 5.35. The van der Waals surface area contributed by atoms with Gasteiger partial charge in [0.25, 0.3) is 0 Å². The van der Waals surface area contributed by atoms with Crippen molar-refractivity contribution in [1.29, 1.82) is 0 Å². The molecule has 1 aliphatic rings. The SMILES string of the molecule is Cc1cc(-c2[nH]c3ccc(C4CCN(S(=O)(=O)CCN(C)C)CC4)cc3c2C(C)C)cn2nnnc12. The summed E-state index contributed by atoms with van der Waals surface area (Å²) in [7, 11) is 0.599. The molecule has 9 nitrogen and oxygen atoms in total. The Morgan fingerprint density at radius 1 is 1.17 bits per heavy atom. The Hall–Kier alpha value is -2.82. The quantitative estimate of drug-likeness (QED) is 0.407. The second kappa shape index (κ2) is 9.57. The molecule has 0 bridgehead atoms. The topological polar surface area (TPSA) is 99.5 Å². The summed E-state index contributed by atoms with van der Waals surface area (Å²) in [5.41, 5.74) is 7.62. The van der Waals surface area contributed by atoms with Crippen molar-refractivity contribution in [3.63, 3.8) is 0 Å². The van der Waals surface area contributed by atoms with Crippen LogP contribution in [0, 0.1) is 6.92 Å². The molecule has 4 heterocycles. The van der Waals surface area contributed by atoms with Gasteiger partial charge in [0.05, 0.1) is 11.4 Å². The lowest BCUT2D eigenvalue weighted by Crippen LogP contribution is -2.41. The van der Waals surface area contributed by atoms with Crippen LogP contribution in [0.2, 0.25) is 0 Å². The van der Waals surface area contributed by atoms with Gasteiger partial charge in [-0.2, -0.15) is 4.52 Å². The number of benzene rings is 1. The summed E-state index contributed by atoms with van der Waals surface area (Å²) in [5, 5.41) is 13.2. The van der Waals surface area contributed by atoms with Crippen LogP contribution in [0.4, 0.5) is 0 Å². The van der Waals surface area contributed by atoms with Gasteiger partial charge in [-0.05, 0) is 91.0 Å². The number of aryl methyl sites for hydroxylation is 1. The van der Waals surface area contributed by atoms with Gasteiger partial charge in [0.1, 0.15) is 0 Å². The summed E-state index contributed by atoms with van der Waals surface area (Å²) in [6.07, 6.45) is 3.67. The van der Waals surface area contributed by atoms with E-state index >= 15 is 0 Å². The van der Waals surface area contributed by atoms with Crippen LogP contribution in [-0.2, 0) is 10.0 Å².